The molecule has 0 aliphatic heterocycles. The second-order valence-corrected chi connectivity index (χ2v) is 8.62. The van der Waals surface area contributed by atoms with Crippen molar-refractivity contribution < 1.29 is 29.4 Å². The number of aliphatic carboxylic acids is 1. The predicted octanol–water partition coefficient (Wildman–Crippen LogP) is -0.557. The Morgan fingerprint density at radius 2 is 1.63 bits per heavy atom. The van der Waals surface area contributed by atoms with Gasteiger partial charge in [-0.25, -0.2) is 9.78 Å². The number of aromatic amines is 1. The zero-order valence-corrected chi connectivity index (χ0v) is 19.8. The minimum absolute atomic E-state index is 0.0452. The molecule has 0 fully saturated rings. The highest BCUT2D eigenvalue weighted by Gasteiger charge is 2.29. The maximum atomic E-state index is 13.0. The van der Waals surface area contributed by atoms with E-state index >= 15 is 0 Å². The minimum Gasteiger partial charge on any atom is -0.508 e. The van der Waals surface area contributed by atoms with Crippen molar-refractivity contribution in [2.45, 2.75) is 57.8 Å². The molecule has 4 atom stereocenters. The topological polar surface area (TPSA) is 200 Å². The highest BCUT2D eigenvalue weighted by atomic mass is 16.4. The minimum atomic E-state index is -1.18. The molecule has 0 saturated heterocycles. The van der Waals surface area contributed by atoms with Gasteiger partial charge in [-0.1, -0.05) is 26.0 Å². The Morgan fingerprint density at radius 3 is 2.17 bits per heavy atom. The molecule has 1 heterocycles. The second kappa shape index (κ2) is 12.5. The second-order valence-electron chi connectivity index (χ2n) is 8.62. The molecule has 12 nitrogen and oxygen atoms in total. The van der Waals surface area contributed by atoms with E-state index in [-0.39, 0.29) is 24.5 Å². The first-order valence-electron chi connectivity index (χ1n) is 11.1. The summed E-state index contributed by atoms with van der Waals surface area (Å²) in [5.74, 6) is -3.41. The number of nitrogens with zero attached hydrogens (tertiary/aromatic N) is 1. The van der Waals surface area contributed by atoms with E-state index in [1.807, 2.05) is 0 Å². The van der Waals surface area contributed by atoms with Crippen LogP contribution in [-0.2, 0) is 32.0 Å². The predicted molar refractivity (Wildman–Crippen MR) is 126 cm³/mol. The average Bonchev–Trinajstić information content (AvgIpc) is 3.30. The molecule has 0 aliphatic carbocycles. The molecule has 8 N–H and O–H groups in total. The van der Waals surface area contributed by atoms with Crippen LogP contribution >= 0.6 is 0 Å². The summed E-state index contributed by atoms with van der Waals surface area (Å²) >= 11 is 0. The van der Waals surface area contributed by atoms with Crippen LogP contribution in [-0.4, -0.2) is 68.0 Å². The van der Waals surface area contributed by atoms with Crippen LogP contribution in [0.1, 0.15) is 32.0 Å². The lowest BCUT2D eigenvalue weighted by atomic mass is 10.0. The van der Waals surface area contributed by atoms with Crippen LogP contribution < -0.4 is 21.7 Å². The fraction of sp³-hybridized carbons (Fsp3) is 0.435. The molecule has 0 radical (unpaired) electrons. The van der Waals surface area contributed by atoms with Crippen LogP contribution in [0.3, 0.4) is 0 Å². The summed E-state index contributed by atoms with van der Waals surface area (Å²) in [6, 6.07) is 1.86. The number of nitrogens with one attached hydrogen (secondary N) is 4. The lowest BCUT2D eigenvalue weighted by molar-refractivity contribution is -0.143. The van der Waals surface area contributed by atoms with Crippen molar-refractivity contribution in [3.63, 3.8) is 0 Å². The number of benzene rings is 1. The Kier molecular flexibility index (Phi) is 9.76. The maximum absolute atomic E-state index is 13.0. The molecular weight excluding hydrogens is 456 g/mol. The molecule has 1 aromatic heterocycles. The zero-order valence-electron chi connectivity index (χ0n) is 19.8. The van der Waals surface area contributed by atoms with E-state index in [1.54, 1.807) is 26.0 Å². The number of amides is 3. The third-order valence-corrected chi connectivity index (χ3v) is 5.32. The van der Waals surface area contributed by atoms with E-state index in [4.69, 9.17) is 5.73 Å². The number of imidazole rings is 1. The van der Waals surface area contributed by atoms with E-state index in [2.05, 4.69) is 25.9 Å². The fourth-order valence-corrected chi connectivity index (χ4v) is 3.25. The molecule has 190 valence electrons. The van der Waals surface area contributed by atoms with Gasteiger partial charge in [0.15, 0.2) is 0 Å². The van der Waals surface area contributed by atoms with Crippen molar-refractivity contribution in [2.75, 3.05) is 0 Å². The summed E-state index contributed by atoms with van der Waals surface area (Å²) in [7, 11) is 0. The first-order valence-corrected chi connectivity index (χ1v) is 11.1. The zero-order chi connectivity index (χ0) is 26.1. The molecule has 35 heavy (non-hydrogen) atoms. The van der Waals surface area contributed by atoms with Gasteiger partial charge in [0.2, 0.25) is 17.7 Å². The first kappa shape index (κ1) is 27.3. The van der Waals surface area contributed by atoms with Crippen LogP contribution in [0.15, 0.2) is 36.8 Å². The lowest BCUT2D eigenvalue weighted by Gasteiger charge is -2.24. The number of carbonyl (C=O) groups excluding carboxylic acids is 3. The number of rotatable bonds is 12. The molecule has 0 aliphatic rings. The quantitative estimate of drug-likeness (QED) is 0.206. The van der Waals surface area contributed by atoms with Gasteiger partial charge in [-0.2, -0.15) is 0 Å². The Labute approximate surface area is 202 Å². The van der Waals surface area contributed by atoms with Crippen molar-refractivity contribution in [1.29, 1.82) is 0 Å². The molecule has 3 amide bonds. The van der Waals surface area contributed by atoms with E-state index in [0.29, 0.717) is 11.3 Å². The van der Waals surface area contributed by atoms with Gasteiger partial charge in [0.1, 0.15) is 23.9 Å². The van der Waals surface area contributed by atoms with Crippen molar-refractivity contribution in [1.82, 2.24) is 25.9 Å². The van der Waals surface area contributed by atoms with Gasteiger partial charge >= 0.3 is 5.97 Å². The van der Waals surface area contributed by atoms with E-state index < -0.39 is 47.9 Å². The summed E-state index contributed by atoms with van der Waals surface area (Å²) in [6.45, 7) is 4.71. The summed E-state index contributed by atoms with van der Waals surface area (Å²) in [5, 5.41) is 26.3. The normalized spacial score (nSPS) is 14.4. The number of aromatic nitrogens is 2. The summed E-state index contributed by atoms with van der Waals surface area (Å²) in [5.41, 5.74) is 7.28. The Hall–Kier alpha value is -3.93. The standard InChI is InChI=1S/C23H32N6O6/c1-12(2)19(23(34)35)29-20(31)13(3)27-22(33)18(8-14-4-6-16(30)7-5-14)28-21(32)17(24)9-15-10-25-11-26-15/h4-7,10-13,17-19,30H,8-9,24H2,1-3H3,(H,25,26)(H,27,33)(H,28,32)(H,29,31)(H,34,35). The van der Waals surface area contributed by atoms with Gasteiger partial charge in [-0.05, 0) is 30.5 Å². The number of carboxylic acids is 1. The highest BCUT2D eigenvalue weighted by Crippen LogP contribution is 2.12. The molecule has 4 unspecified atom stereocenters. The molecule has 0 bridgehead atoms. The van der Waals surface area contributed by atoms with E-state index in [0.717, 1.165) is 0 Å². The number of phenolic OH excluding ortho intramolecular Hbond substituents is 1. The molecule has 2 rings (SSSR count). The summed E-state index contributed by atoms with van der Waals surface area (Å²) in [6.07, 6.45) is 3.23. The van der Waals surface area contributed by atoms with Crippen molar-refractivity contribution >= 4 is 23.7 Å². The van der Waals surface area contributed by atoms with Crippen molar-refractivity contribution in [3.8, 4) is 5.75 Å². The largest absolute Gasteiger partial charge is 0.508 e. The number of carboxylic acid groups (broad SMARTS) is 1. The molecule has 12 heteroatoms. The van der Waals surface area contributed by atoms with Gasteiger partial charge in [-0.3, -0.25) is 14.4 Å². The maximum Gasteiger partial charge on any atom is 0.326 e. The first-order chi connectivity index (χ1) is 16.5. The average molecular weight is 489 g/mol. The number of hydrogen-bond acceptors (Lipinski definition) is 7. The number of nitrogens with two attached hydrogens (primary N) is 1. The van der Waals surface area contributed by atoms with Crippen LogP contribution in [0.2, 0.25) is 0 Å². The number of carbonyl (C=O) groups is 4. The third kappa shape index (κ3) is 8.41. The lowest BCUT2D eigenvalue weighted by Crippen LogP contribution is -2.57. The van der Waals surface area contributed by atoms with Gasteiger partial charge < -0.3 is 36.9 Å². The fourth-order valence-electron chi connectivity index (χ4n) is 3.25. The van der Waals surface area contributed by atoms with Crippen LogP contribution in [0.5, 0.6) is 5.75 Å². The number of H-pyrrole nitrogens is 1. The SMILES string of the molecule is CC(NC(=O)C(Cc1ccc(O)cc1)NC(=O)C(N)Cc1cnc[nH]1)C(=O)NC(C(=O)O)C(C)C. The van der Waals surface area contributed by atoms with E-state index in [9.17, 15) is 29.4 Å². The van der Waals surface area contributed by atoms with Gasteiger partial charge in [0.25, 0.3) is 0 Å². The third-order valence-electron chi connectivity index (χ3n) is 5.32. The molecule has 1 aromatic carbocycles. The van der Waals surface area contributed by atoms with Gasteiger partial charge in [-0.15, -0.1) is 0 Å². The smallest absolute Gasteiger partial charge is 0.326 e. The molecular formula is C23H32N6O6. The monoisotopic (exact) mass is 488 g/mol. The van der Waals surface area contributed by atoms with Crippen molar-refractivity contribution in [2.24, 2.45) is 11.7 Å². The Morgan fingerprint density at radius 1 is 0.971 bits per heavy atom. The van der Waals surface area contributed by atoms with Gasteiger partial charge in [0.05, 0.1) is 12.4 Å². The van der Waals surface area contributed by atoms with Crippen molar-refractivity contribution in [3.05, 3.63) is 48.0 Å². The van der Waals surface area contributed by atoms with Gasteiger partial charge in [0, 0.05) is 24.7 Å². The Bertz CT molecular complexity index is 1010. The van der Waals surface area contributed by atoms with Crippen LogP contribution in [0.25, 0.3) is 0 Å². The number of hydrogen-bond donors (Lipinski definition) is 7. The van der Waals surface area contributed by atoms with E-state index in [1.165, 1.54) is 31.6 Å². The number of phenols is 1. The molecule has 0 saturated carbocycles. The summed E-state index contributed by atoms with van der Waals surface area (Å²) in [4.78, 5) is 56.3. The molecule has 0 spiro atoms. The van der Waals surface area contributed by atoms with Crippen LogP contribution in [0.4, 0.5) is 0 Å². The Balaban J connectivity index is 2.11. The summed E-state index contributed by atoms with van der Waals surface area (Å²) < 4.78 is 0. The molecule has 2 aromatic rings. The number of aromatic hydroxyl groups is 1. The highest BCUT2D eigenvalue weighted by molar-refractivity contribution is 5.94. The van der Waals surface area contributed by atoms with Crippen LogP contribution in [0, 0.1) is 5.92 Å².